The highest BCUT2D eigenvalue weighted by Crippen LogP contribution is 2.34. The molecule has 1 atom stereocenters. The van der Waals surface area contributed by atoms with Crippen LogP contribution in [0.4, 0.5) is 13.2 Å². The van der Waals surface area contributed by atoms with Crippen LogP contribution in [0.3, 0.4) is 0 Å². The number of allylic oxidation sites excluding steroid dienone is 3. The molecule has 1 unspecified atom stereocenters. The summed E-state index contributed by atoms with van der Waals surface area (Å²) < 4.78 is 45.8. The van der Waals surface area contributed by atoms with Gasteiger partial charge in [0.05, 0.1) is 24.3 Å². The number of aryl methyl sites for hydroxylation is 1. The van der Waals surface area contributed by atoms with Gasteiger partial charge in [-0.15, -0.1) is 0 Å². The summed E-state index contributed by atoms with van der Waals surface area (Å²) >= 11 is 0. The third kappa shape index (κ3) is 5.19. The standard InChI is InChI=1S/C24H24F3NO2/c1-17-10-12-18(13-11-17)15-28(20-7-5-6-19(14-20)16-30-2)23(29)21-8-3-4-9-22(21)24(25,26)27/h3-13,19H,14-16H2,1-2H3. The van der Waals surface area contributed by atoms with Gasteiger partial charge >= 0.3 is 6.18 Å². The van der Waals surface area contributed by atoms with Crippen molar-refractivity contribution in [3.05, 3.63) is 94.7 Å². The molecule has 158 valence electrons. The normalized spacial score (nSPS) is 16.3. The lowest BCUT2D eigenvalue weighted by atomic mass is 9.96. The van der Waals surface area contributed by atoms with Gasteiger partial charge in [0, 0.05) is 18.7 Å². The summed E-state index contributed by atoms with van der Waals surface area (Å²) in [5.41, 5.74) is 1.30. The zero-order chi connectivity index (χ0) is 21.7. The Kier molecular flexibility index (Phi) is 6.77. The highest BCUT2D eigenvalue weighted by Gasteiger charge is 2.36. The molecule has 0 spiro atoms. The van der Waals surface area contributed by atoms with E-state index in [0.29, 0.717) is 18.7 Å². The summed E-state index contributed by atoms with van der Waals surface area (Å²) in [6.45, 7) is 2.61. The van der Waals surface area contributed by atoms with Crippen molar-refractivity contribution in [1.82, 2.24) is 4.90 Å². The first-order valence-corrected chi connectivity index (χ1v) is 9.69. The minimum absolute atomic E-state index is 0.0566. The zero-order valence-electron chi connectivity index (χ0n) is 16.9. The maximum absolute atomic E-state index is 13.5. The van der Waals surface area contributed by atoms with E-state index in [0.717, 1.165) is 17.2 Å². The number of carbonyl (C=O) groups is 1. The molecule has 0 bridgehead atoms. The van der Waals surface area contributed by atoms with E-state index in [1.807, 2.05) is 43.3 Å². The van der Waals surface area contributed by atoms with Crippen molar-refractivity contribution in [3.63, 3.8) is 0 Å². The first-order chi connectivity index (χ1) is 14.3. The van der Waals surface area contributed by atoms with Crippen molar-refractivity contribution in [1.29, 1.82) is 0 Å². The van der Waals surface area contributed by atoms with E-state index in [1.165, 1.54) is 23.1 Å². The van der Waals surface area contributed by atoms with Crippen LogP contribution >= 0.6 is 0 Å². The van der Waals surface area contributed by atoms with Gasteiger partial charge in [0.2, 0.25) is 0 Å². The number of hydrogen-bond donors (Lipinski definition) is 0. The van der Waals surface area contributed by atoms with Gasteiger partial charge in [-0.25, -0.2) is 0 Å². The molecule has 0 aromatic heterocycles. The van der Waals surface area contributed by atoms with E-state index in [4.69, 9.17) is 4.74 Å². The Bertz CT molecular complexity index is 946. The van der Waals surface area contributed by atoms with Crippen molar-refractivity contribution < 1.29 is 22.7 Å². The Labute approximate surface area is 174 Å². The molecule has 3 nitrogen and oxygen atoms in total. The minimum atomic E-state index is -4.61. The first-order valence-electron chi connectivity index (χ1n) is 9.69. The van der Waals surface area contributed by atoms with Gasteiger partial charge in [0.15, 0.2) is 0 Å². The molecule has 1 amide bonds. The summed E-state index contributed by atoms with van der Waals surface area (Å²) in [5.74, 6) is -0.609. The molecule has 1 aliphatic carbocycles. The lowest BCUT2D eigenvalue weighted by molar-refractivity contribution is -0.138. The van der Waals surface area contributed by atoms with Crippen LogP contribution in [0.2, 0.25) is 0 Å². The molecule has 3 rings (SSSR count). The predicted octanol–water partition coefficient (Wildman–Crippen LogP) is 5.76. The van der Waals surface area contributed by atoms with Crippen LogP contribution in [0.5, 0.6) is 0 Å². The highest BCUT2D eigenvalue weighted by molar-refractivity contribution is 5.97. The van der Waals surface area contributed by atoms with Crippen LogP contribution in [0.15, 0.2) is 72.5 Å². The second-order valence-electron chi connectivity index (χ2n) is 7.38. The van der Waals surface area contributed by atoms with Gasteiger partial charge < -0.3 is 9.64 Å². The van der Waals surface area contributed by atoms with Crippen LogP contribution in [0.1, 0.15) is 33.5 Å². The summed E-state index contributed by atoms with van der Waals surface area (Å²) in [7, 11) is 1.60. The lowest BCUT2D eigenvalue weighted by Crippen LogP contribution is -2.33. The van der Waals surface area contributed by atoms with E-state index in [1.54, 1.807) is 13.2 Å². The fourth-order valence-electron chi connectivity index (χ4n) is 3.50. The maximum Gasteiger partial charge on any atom is 0.417 e. The smallest absolute Gasteiger partial charge is 0.384 e. The van der Waals surface area contributed by atoms with E-state index in [-0.39, 0.29) is 18.0 Å². The van der Waals surface area contributed by atoms with Crippen molar-refractivity contribution in [2.24, 2.45) is 5.92 Å². The van der Waals surface area contributed by atoms with Gasteiger partial charge in [-0.3, -0.25) is 4.79 Å². The second kappa shape index (κ2) is 9.30. The van der Waals surface area contributed by atoms with Crippen LogP contribution < -0.4 is 0 Å². The predicted molar refractivity (Wildman–Crippen MR) is 110 cm³/mol. The fourth-order valence-corrected chi connectivity index (χ4v) is 3.50. The Hall–Kier alpha value is -2.86. The van der Waals surface area contributed by atoms with Gasteiger partial charge in [0.25, 0.3) is 5.91 Å². The minimum Gasteiger partial charge on any atom is -0.384 e. The third-order valence-corrected chi connectivity index (χ3v) is 5.04. The molecule has 0 N–H and O–H groups in total. The van der Waals surface area contributed by atoms with Crippen molar-refractivity contribution in [2.75, 3.05) is 13.7 Å². The molecular formula is C24H24F3NO2. The number of nitrogens with zero attached hydrogens (tertiary/aromatic N) is 1. The molecule has 2 aromatic carbocycles. The molecular weight excluding hydrogens is 391 g/mol. The molecule has 2 aromatic rings. The fraction of sp³-hybridized carbons (Fsp3) is 0.292. The molecule has 30 heavy (non-hydrogen) atoms. The monoisotopic (exact) mass is 415 g/mol. The molecule has 0 fully saturated rings. The van der Waals surface area contributed by atoms with E-state index in [9.17, 15) is 18.0 Å². The van der Waals surface area contributed by atoms with Gasteiger partial charge in [-0.1, -0.05) is 54.1 Å². The van der Waals surface area contributed by atoms with Crippen molar-refractivity contribution in [3.8, 4) is 0 Å². The SMILES string of the molecule is COCC1C=CC=C(N(Cc2ccc(C)cc2)C(=O)c2ccccc2C(F)(F)F)C1. The molecule has 0 saturated carbocycles. The average Bonchev–Trinajstić information content (AvgIpc) is 2.73. The Morgan fingerprint density at radius 2 is 1.83 bits per heavy atom. The van der Waals surface area contributed by atoms with Crippen LogP contribution in [0.25, 0.3) is 0 Å². The summed E-state index contributed by atoms with van der Waals surface area (Å²) in [6, 6.07) is 12.5. The van der Waals surface area contributed by atoms with Gasteiger partial charge in [-0.2, -0.15) is 13.2 Å². The molecule has 0 heterocycles. The number of methoxy groups -OCH3 is 1. The number of halogens is 3. The average molecular weight is 415 g/mol. The van der Waals surface area contributed by atoms with Gasteiger partial charge in [-0.05, 0) is 37.1 Å². The van der Waals surface area contributed by atoms with Crippen molar-refractivity contribution in [2.45, 2.75) is 26.1 Å². The number of hydrogen-bond acceptors (Lipinski definition) is 2. The Morgan fingerprint density at radius 1 is 1.13 bits per heavy atom. The quantitative estimate of drug-likeness (QED) is 0.600. The number of ether oxygens (including phenoxy) is 1. The van der Waals surface area contributed by atoms with Gasteiger partial charge in [0.1, 0.15) is 0 Å². The number of rotatable bonds is 6. The Balaban J connectivity index is 1.99. The maximum atomic E-state index is 13.5. The summed E-state index contributed by atoms with van der Waals surface area (Å²) in [6.07, 6.45) is 1.49. The molecule has 0 aliphatic heterocycles. The van der Waals surface area contributed by atoms with E-state index in [2.05, 4.69) is 0 Å². The molecule has 6 heteroatoms. The van der Waals surface area contributed by atoms with Crippen molar-refractivity contribution >= 4 is 5.91 Å². The van der Waals surface area contributed by atoms with Crippen LogP contribution in [-0.4, -0.2) is 24.5 Å². The van der Waals surface area contributed by atoms with Crippen LogP contribution in [-0.2, 0) is 17.5 Å². The molecule has 1 aliphatic rings. The summed E-state index contributed by atoms with van der Waals surface area (Å²) in [4.78, 5) is 14.8. The summed E-state index contributed by atoms with van der Waals surface area (Å²) in [5, 5.41) is 0. The third-order valence-electron chi connectivity index (χ3n) is 5.04. The van der Waals surface area contributed by atoms with E-state index < -0.39 is 17.6 Å². The Morgan fingerprint density at radius 3 is 2.50 bits per heavy atom. The largest absolute Gasteiger partial charge is 0.417 e. The zero-order valence-corrected chi connectivity index (χ0v) is 16.9. The molecule has 0 saturated heterocycles. The first kappa shape index (κ1) is 21.8. The number of carbonyl (C=O) groups excluding carboxylic acids is 1. The lowest BCUT2D eigenvalue weighted by Gasteiger charge is -2.30. The number of amides is 1. The number of alkyl halides is 3. The topological polar surface area (TPSA) is 29.5 Å². The van der Waals surface area contributed by atoms with E-state index >= 15 is 0 Å². The number of benzene rings is 2. The molecule has 0 radical (unpaired) electrons. The second-order valence-corrected chi connectivity index (χ2v) is 7.38. The highest BCUT2D eigenvalue weighted by atomic mass is 19.4. The van der Waals surface area contributed by atoms with Crippen LogP contribution in [0, 0.1) is 12.8 Å².